The summed E-state index contributed by atoms with van der Waals surface area (Å²) in [6.45, 7) is 8.52. The van der Waals surface area contributed by atoms with Crippen molar-refractivity contribution >= 4 is 12.2 Å². The van der Waals surface area contributed by atoms with Crippen LogP contribution in [0.4, 0.5) is 9.59 Å². The maximum atomic E-state index is 12.0. The van der Waals surface area contributed by atoms with Gasteiger partial charge in [-0.05, 0) is 34.1 Å². The van der Waals surface area contributed by atoms with E-state index >= 15 is 0 Å². The highest BCUT2D eigenvalue weighted by atomic mass is 16.6. The molecular weight excluding hydrogens is 236 g/mol. The third-order valence-corrected chi connectivity index (χ3v) is 2.86. The summed E-state index contributed by atoms with van der Waals surface area (Å²) in [6, 6.07) is -0.0100. The van der Waals surface area contributed by atoms with E-state index in [-0.39, 0.29) is 12.1 Å². The Bertz CT molecular complexity index is 325. The second kappa shape index (κ2) is 5.46. The Balaban J connectivity index is 2.65. The first kappa shape index (κ1) is 14.6. The van der Waals surface area contributed by atoms with Crippen LogP contribution in [0.3, 0.4) is 0 Å². The Morgan fingerprint density at radius 2 is 1.83 bits per heavy atom. The molecule has 0 radical (unpaired) electrons. The molecule has 6 nitrogen and oxygen atoms in total. The largest absolute Gasteiger partial charge is 0.465 e. The van der Waals surface area contributed by atoms with Crippen LogP contribution in [0.25, 0.3) is 0 Å². The van der Waals surface area contributed by atoms with Crippen LogP contribution < -0.4 is 0 Å². The third kappa shape index (κ3) is 4.09. The molecule has 2 amide bonds. The molecule has 6 heteroatoms. The molecule has 0 bridgehead atoms. The summed E-state index contributed by atoms with van der Waals surface area (Å²) in [7, 11) is 0. The highest BCUT2D eigenvalue weighted by Gasteiger charge is 2.29. The number of carboxylic acid groups (broad SMARTS) is 1. The fraction of sp³-hybridized carbons (Fsp3) is 0.833. The van der Waals surface area contributed by atoms with Gasteiger partial charge in [-0.2, -0.15) is 0 Å². The molecule has 1 aliphatic heterocycles. The lowest BCUT2D eigenvalue weighted by Crippen LogP contribution is -2.43. The molecule has 0 aromatic heterocycles. The first-order valence-electron chi connectivity index (χ1n) is 6.18. The lowest BCUT2D eigenvalue weighted by Gasteiger charge is -2.30. The normalized spacial score (nSPS) is 21.4. The van der Waals surface area contributed by atoms with Gasteiger partial charge in [0.05, 0.1) is 0 Å². The average Bonchev–Trinajstić information content (AvgIpc) is 2.37. The SMILES string of the molecule is C[C@H]1CCN(C(=O)O)CCN1C(=O)OC(C)(C)C. The molecular formula is C12H22N2O4. The summed E-state index contributed by atoms with van der Waals surface area (Å²) >= 11 is 0. The van der Waals surface area contributed by atoms with Gasteiger partial charge in [-0.3, -0.25) is 0 Å². The summed E-state index contributed by atoms with van der Waals surface area (Å²) in [5.41, 5.74) is -0.532. The summed E-state index contributed by atoms with van der Waals surface area (Å²) in [6.07, 6.45) is -0.679. The van der Waals surface area contributed by atoms with Crippen LogP contribution in [0.5, 0.6) is 0 Å². The van der Waals surface area contributed by atoms with Gasteiger partial charge >= 0.3 is 12.2 Å². The van der Waals surface area contributed by atoms with Gasteiger partial charge in [0.1, 0.15) is 5.60 Å². The second-order valence-corrected chi connectivity index (χ2v) is 5.58. The summed E-state index contributed by atoms with van der Waals surface area (Å²) in [4.78, 5) is 25.8. The molecule has 1 atom stereocenters. The first-order chi connectivity index (χ1) is 8.20. The summed E-state index contributed by atoms with van der Waals surface area (Å²) in [5.74, 6) is 0. The van der Waals surface area contributed by atoms with Crippen LogP contribution in [0.15, 0.2) is 0 Å². The van der Waals surface area contributed by atoms with Crippen LogP contribution in [0.1, 0.15) is 34.1 Å². The van der Waals surface area contributed by atoms with Crippen molar-refractivity contribution in [2.24, 2.45) is 0 Å². The molecule has 0 unspecified atom stereocenters. The zero-order chi connectivity index (χ0) is 13.9. The van der Waals surface area contributed by atoms with E-state index in [2.05, 4.69) is 0 Å². The molecule has 1 saturated heterocycles. The Morgan fingerprint density at radius 3 is 2.33 bits per heavy atom. The predicted molar refractivity (Wildman–Crippen MR) is 66.6 cm³/mol. The van der Waals surface area contributed by atoms with Gasteiger partial charge in [0.25, 0.3) is 0 Å². The number of carbonyl (C=O) groups is 2. The molecule has 104 valence electrons. The Kier molecular flexibility index (Phi) is 4.43. The van der Waals surface area contributed by atoms with Crippen molar-refractivity contribution in [2.75, 3.05) is 19.6 Å². The van der Waals surface area contributed by atoms with E-state index < -0.39 is 11.7 Å². The first-order valence-corrected chi connectivity index (χ1v) is 6.18. The van der Waals surface area contributed by atoms with Crippen molar-refractivity contribution in [3.8, 4) is 0 Å². The molecule has 0 aromatic rings. The standard InChI is InChI=1S/C12H22N2O4/c1-9-5-6-13(10(15)16)7-8-14(9)11(17)18-12(2,3)4/h9H,5-8H2,1-4H3,(H,15,16)/t9-/m0/s1. The van der Waals surface area contributed by atoms with Crippen molar-refractivity contribution in [3.63, 3.8) is 0 Å². The van der Waals surface area contributed by atoms with E-state index in [0.717, 1.165) is 0 Å². The molecule has 1 heterocycles. The van der Waals surface area contributed by atoms with Crippen molar-refractivity contribution in [2.45, 2.75) is 45.8 Å². The molecule has 0 aliphatic carbocycles. The number of amides is 2. The van der Waals surface area contributed by atoms with Crippen molar-refractivity contribution in [1.82, 2.24) is 9.80 Å². The van der Waals surface area contributed by atoms with Crippen molar-refractivity contribution in [1.29, 1.82) is 0 Å². The number of carbonyl (C=O) groups excluding carboxylic acids is 1. The van der Waals surface area contributed by atoms with Crippen molar-refractivity contribution in [3.05, 3.63) is 0 Å². The minimum atomic E-state index is -0.937. The van der Waals surface area contributed by atoms with Crippen LogP contribution in [-0.4, -0.2) is 58.4 Å². The van der Waals surface area contributed by atoms with Crippen LogP contribution >= 0.6 is 0 Å². The molecule has 18 heavy (non-hydrogen) atoms. The topological polar surface area (TPSA) is 70.1 Å². The maximum Gasteiger partial charge on any atom is 0.410 e. The monoisotopic (exact) mass is 258 g/mol. The fourth-order valence-electron chi connectivity index (χ4n) is 1.84. The number of hydrogen-bond donors (Lipinski definition) is 1. The number of nitrogens with zero attached hydrogens (tertiary/aromatic N) is 2. The lowest BCUT2D eigenvalue weighted by atomic mass is 10.2. The van der Waals surface area contributed by atoms with E-state index in [1.165, 1.54) is 4.90 Å². The molecule has 1 rings (SSSR count). The predicted octanol–water partition coefficient (Wildman–Crippen LogP) is 2.00. The Hall–Kier alpha value is -1.46. The Morgan fingerprint density at radius 1 is 1.22 bits per heavy atom. The second-order valence-electron chi connectivity index (χ2n) is 5.58. The maximum absolute atomic E-state index is 12.0. The molecule has 0 aromatic carbocycles. The molecule has 0 spiro atoms. The zero-order valence-corrected chi connectivity index (χ0v) is 11.5. The Labute approximate surface area is 107 Å². The summed E-state index contributed by atoms with van der Waals surface area (Å²) in [5, 5.41) is 8.95. The van der Waals surface area contributed by atoms with Gasteiger partial charge in [0.2, 0.25) is 0 Å². The smallest absolute Gasteiger partial charge is 0.410 e. The zero-order valence-electron chi connectivity index (χ0n) is 11.5. The van der Waals surface area contributed by atoms with Crippen molar-refractivity contribution < 1.29 is 19.4 Å². The van der Waals surface area contributed by atoms with Crippen LogP contribution in [-0.2, 0) is 4.74 Å². The molecule has 0 saturated carbocycles. The van der Waals surface area contributed by atoms with E-state index in [1.54, 1.807) is 4.90 Å². The molecule has 1 aliphatic rings. The van der Waals surface area contributed by atoms with Gasteiger partial charge in [-0.25, -0.2) is 9.59 Å². The van der Waals surface area contributed by atoms with E-state index in [1.807, 2.05) is 27.7 Å². The highest BCUT2D eigenvalue weighted by Crippen LogP contribution is 2.16. The average molecular weight is 258 g/mol. The number of hydrogen-bond acceptors (Lipinski definition) is 3. The fourth-order valence-corrected chi connectivity index (χ4v) is 1.84. The molecule has 1 N–H and O–H groups in total. The minimum absolute atomic E-state index is 0.0100. The van der Waals surface area contributed by atoms with E-state index in [9.17, 15) is 9.59 Å². The van der Waals surface area contributed by atoms with Crippen LogP contribution in [0.2, 0.25) is 0 Å². The van der Waals surface area contributed by atoms with E-state index in [0.29, 0.717) is 26.1 Å². The highest BCUT2D eigenvalue weighted by molar-refractivity contribution is 5.69. The van der Waals surface area contributed by atoms with E-state index in [4.69, 9.17) is 9.84 Å². The van der Waals surface area contributed by atoms with Gasteiger partial charge in [-0.1, -0.05) is 0 Å². The van der Waals surface area contributed by atoms with Gasteiger partial charge < -0.3 is 19.6 Å². The quantitative estimate of drug-likeness (QED) is 0.721. The third-order valence-electron chi connectivity index (χ3n) is 2.86. The van der Waals surface area contributed by atoms with Crippen LogP contribution in [0, 0.1) is 0 Å². The minimum Gasteiger partial charge on any atom is -0.465 e. The lowest BCUT2D eigenvalue weighted by molar-refractivity contribution is 0.0186. The van der Waals surface area contributed by atoms with Gasteiger partial charge in [-0.15, -0.1) is 0 Å². The number of rotatable bonds is 0. The number of ether oxygens (including phenoxy) is 1. The van der Waals surface area contributed by atoms with Gasteiger partial charge in [0.15, 0.2) is 0 Å². The summed E-state index contributed by atoms with van der Waals surface area (Å²) < 4.78 is 5.32. The molecule has 1 fully saturated rings. The van der Waals surface area contributed by atoms with Gasteiger partial charge in [0, 0.05) is 25.7 Å².